The van der Waals surface area contributed by atoms with Crippen LogP contribution in [0.25, 0.3) is 10.9 Å². The van der Waals surface area contributed by atoms with Crippen LogP contribution in [0.2, 0.25) is 0 Å². The number of benzene rings is 1. The molecule has 6 heteroatoms. The maximum Gasteiger partial charge on any atom is 0.226 e. The lowest BCUT2D eigenvalue weighted by Gasteiger charge is -2.14. The zero-order valence-corrected chi connectivity index (χ0v) is 13.2. The van der Waals surface area contributed by atoms with Gasteiger partial charge < -0.3 is 11.1 Å². The molecule has 6 nitrogen and oxygen atoms in total. The third kappa shape index (κ3) is 3.15. The molecule has 0 aliphatic heterocycles. The van der Waals surface area contributed by atoms with Crippen LogP contribution in [-0.4, -0.2) is 20.7 Å². The van der Waals surface area contributed by atoms with Gasteiger partial charge in [0.05, 0.1) is 29.1 Å². The molecule has 3 N–H and O–H groups in total. The molecule has 0 saturated carbocycles. The quantitative estimate of drug-likeness (QED) is 0.771. The Bertz CT molecular complexity index is 841. The van der Waals surface area contributed by atoms with Gasteiger partial charge in [-0.15, -0.1) is 0 Å². The Balaban J connectivity index is 1.71. The predicted octanol–water partition coefficient (Wildman–Crippen LogP) is 1.97. The number of rotatable bonds is 4. The van der Waals surface area contributed by atoms with Crippen molar-refractivity contribution in [2.75, 3.05) is 5.73 Å². The average molecular weight is 309 g/mol. The van der Waals surface area contributed by atoms with Crippen LogP contribution in [0.5, 0.6) is 0 Å². The van der Waals surface area contributed by atoms with Gasteiger partial charge in [0.2, 0.25) is 5.91 Å². The van der Waals surface area contributed by atoms with E-state index in [9.17, 15) is 4.79 Å². The van der Waals surface area contributed by atoms with Gasteiger partial charge in [0, 0.05) is 13.2 Å². The molecule has 3 aromatic rings. The van der Waals surface area contributed by atoms with Gasteiger partial charge >= 0.3 is 0 Å². The average Bonchev–Trinajstić information content (AvgIpc) is 2.82. The minimum atomic E-state index is -0.0663. The number of anilines is 1. The number of pyridine rings is 1. The first-order valence-electron chi connectivity index (χ1n) is 7.46. The summed E-state index contributed by atoms with van der Waals surface area (Å²) in [6.07, 6.45) is 1.89. The van der Waals surface area contributed by atoms with Gasteiger partial charge in [-0.2, -0.15) is 5.10 Å². The topological polar surface area (TPSA) is 85.8 Å². The summed E-state index contributed by atoms with van der Waals surface area (Å²) in [5.74, 6) is 0.382. The Hall–Kier alpha value is -2.89. The highest BCUT2D eigenvalue weighted by atomic mass is 16.1. The third-order valence-corrected chi connectivity index (χ3v) is 3.84. The molecule has 0 radical (unpaired) electrons. The van der Waals surface area contributed by atoms with Crippen LogP contribution >= 0.6 is 0 Å². The van der Waals surface area contributed by atoms with Crippen molar-refractivity contribution in [2.45, 2.75) is 19.4 Å². The van der Waals surface area contributed by atoms with E-state index in [2.05, 4.69) is 15.4 Å². The van der Waals surface area contributed by atoms with Gasteiger partial charge in [-0.05, 0) is 18.6 Å². The van der Waals surface area contributed by atoms with Gasteiger partial charge in [-0.25, -0.2) is 0 Å². The largest absolute Gasteiger partial charge is 0.382 e. The minimum Gasteiger partial charge on any atom is -0.382 e. The van der Waals surface area contributed by atoms with Crippen LogP contribution in [0.4, 0.5) is 5.82 Å². The summed E-state index contributed by atoms with van der Waals surface area (Å²) in [5.41, 5.74) is 8.44. The number of hydrogen-bond acceptors (Lipinski definition) is 4. The number of fused-ring (bicyclic) bond motifs is 1. The Labute approximate surface area is 134 Å². The monoisotopic (exact) mass is 309 g/mol. The SMILES string of the molecule is C[C@@H](NC(=O)Cc1cc2c(cn1)c(N)nn2C)c1ccccc1. The summed E-state index contributed by atoms with van der Waals surface area (Å²) in [6.45, 7) is 1.96. The maximum absolute atomic E-state index is 12.2. The molecule has 0 unspecified atom stereocenters. The highest BCUT2D eigenvalue weighted by Gasteiger charge is 2.12. The van der Waals surface area contributed by atoms with Crippen molar-refractivity contribution >= 4 is 22.6 Å². The molecule has 1 atom stereocenters. The molecule has 1 amide bonds. The summed E-state index contributed by atoms with van der Waals surface area (Å²) >= 11 is 0. The van der Waals surface area contributed by atoms with E-state index in [1.54, 1.807) is 10.9 Å². The van der Waals surface area contributed by atoms with E-state index in [0.29, 0.717) is 11.5 Å². The van der Waals surface area contributed by atoms with E-state index in [0.717, 1.165) is 16.5 Å². The van der Waals surface area contributed by atoms with Crippen LogP contribution in [0.1, 0.15) is 24.2 Å². The molecule has 0 saturated heterocycles. The molecule has 2 heterocycles. The second-order valence-electron chi connectivity index (χ2n) is 5.58. The maximum atomic E-state index is 12.2. The molecule has 0 spiro atoms. The van der Waals surface area contributed by atoms with Gasteiger partial charge in [-0.3, -0.25) is 14.5 Å². The van der Waals surface area contributed by atoms with Crippen LogP contribution in [-0.2, 0) is 18.3 Å². The van der Waals surface area contributed by atoms with Crippen molar-refractivity contribution in [3.8, 4) is 0 Å². The Kier molecular flexibility index (Phi) is 3.97. The zero-order chi connectivity index (χ0) is 16.4. The van der Waals surface area contributed by atoms with Crippen molar-refractivity contribution in [1.29, 1.82) is 0 Å². The molecule has 1 aromatic carbocycles. The van der Waals surface area contributed by atoms with Crippen LogP contribution in [0.3, 0.4) is 0 Å². The fourth-order valence-corrected chi connectivity index (χ4v) is 2.60. The number of carbonyl (C=O) groups is 1. The molecule has 118 valence electrons. The second kappa shape index (κ2) is 6.08. The van der Waals surface area contributed by atoms with Gasteiger partial charge in [0.15, 0.2) is 5.82 Å². The van der Waals surface area contributed by atoms with Crippen molar-refractivity contribution in [3.63, 3.8) is 0 Å². The second-order valence-corrected chi connectivity index (χ2v) is 5.58. The summed E-state index contributed by atoms with van der Waals surface area (Å²) in [7, 11) is 1.82. The Morgan fingerprint density at radius 1 is 1.35 bits per heavy atom. The number of nitrogens with zero attached hydrogens (tertiary/aromatic N) is 3. The molecule has 23 heavy (non-hydrogen) atoms. The first-order valence-corrected chi connectivity index (χ1v) is 7.46. The van der Waals surface area contributed by atoms with Crippen molar-refractivity contribution < 1.29 is 4.79 Å². The van der Waals surface area contributed by atoms with Crippen LogP contribution < -0.4 is 11.1 Å². The predicted molar refractivity (Wildman–Crippen MR) is 89.6 cm³/mol. The van der Waals surface area contributed by atoms with Crippen LogP contribution in [0, 0.1) is 0 Å². The van der Waals surface area contributed by atoms with Gasteiger partial charge in [0.1, 0.15) is 0 Å². The van der Waals surface area contributed by atoms with E-state index in [1.807, 2.05) is 50.4 Å². The molecule has 0 fully saturated rings. The highest BCUT2D eigenvalue weighted by Crippen LogP contribution is 2.19. The summed E-state index contributed by atoms with van der Waals surface area (Å²) in [5, 5.41) is 7.94. The van der Waals surface area contributed by atoms with Gasteiger partial charge in [0.25, 0.3) is 0 Å². The highest BCUT2D eigenvalue weighted by molar-refractivity contribution is 5.89. The summed E-state index contributed by atoms with van der Waals surface area (Å²) in [4.78, 5) is 16.5. The van der Waals surface area contributed by atoms with E-state index in [1.165, 1.54) is 0 Å². The molecule has 0 aliphatic rings. The number of hydrogen-bond donors (Lipinski definition) is 2. The first kappa shape index (κ1) is 15.0. The Morgan fingerprint density at radius 2 is 2.09 bits per heavy atom. The standard InChI is InChI=1S/C17H19N5O/c1-11(12-6-4-3-5-7-12)20-16(23)9-13-8-15-14(10-19-13)17(18)21-22(15)2/h3-8,10-11H,9H2,1-2H3,(H2,18,21)(H,20,23)/t11-/m1/s1. The Morgan fingerprint density at radius 3 is 2.83 bits per heavy atom. The third-order valence-electron chi connectivity index (χ3n) is 3.84. The molecule has 0 bridgehead atoms. The minimum absolute atomic E-state index is 0.0419. The fraction of sp³-hybridized carbons (Fsp3) is 0.235. The number of carbonyl (C=O) groups excluding carboxylic acids is 1. The summed E-state index contributed by atoms with van der Waals surface area (Å²) in [6, 6.07) is 11.7. The summed E-state index contributed by atoms with van der Waals surface area (Å²) < 4.78 is 1.69. The number of amides is 1. The number of aryl methyl sites for hydroxylation is 1. The number of nitrogen functional groups attached to an aromatic ring is 1. The smallest absolute Gasteiger partial charge is 0.226 e. The molecule has 2 aromatic heterocycles. The van der Waals surface area contributed by atoms with E-state index in [-0.39, 0.29) is 18.4 Å². The van der Waals surface area contributed by atoms with Crippen molar-refractivity contribution in [1.82, 2.24) is 20.1 Å². The van der Waals surface area contributed by atoms with E-state index < -0.39 is 0 Å². The molecular formula is C17H19N5O. The van der Waals surface area contributed by atoms with Crippen molar-refractivity contribution in [3.05, 3.63) is 53.9 Å². The number of nitrogens with one attached hydrogen (secondary N) is 1. The van der Waals surface area contributed by atoms with E-state index in [4.69, 9.17) is 5.73 Å². The number of aromatic nitrogens is 3. The van der Waals surface area contributed by atoms with Crippen LogP contribution in [0.15, 0.2) is 42.6 Å². The molecular weight excluding hydrogens is 290 g/mol. The zero-order valence-electron chi connectivity index (χ0n) is 13.2. The molecule has 3 rings (SSSR count). The number of nitrogens with two attached hydrogens (primary N) is 1. The molecule has 0 aliphatic carbocycles. The first-order chi connectivity index (χ1) is 11.0. The van der Waals surface area contributed by atoms with Gasteiger partial charge in [-0.1, -0.05) is 30.3 Å². The van der Waals surface area contributed by atoms with Crippen molar-refractivity contribution in [2.24, 2.45) is 7.05 Å². The fourth-order valence-electron chi connectivity index (χ4n) is 2.60. The normalized spacial score (nSPS) is 12.3. The lowest BCUT2D eigenvalue weighted by molar-refractivity contribution is -0.121. The lowest BCUT2D eigenvalue weighted by atomic mass is 10.1. The van der Waals surface area contributed by atoms with E-state index >= 15 is 0 Å². The lowest BCUT2D eigenvalue weighted by Crippen LogP contribution is -2.28.